The van der Waals surface area contributed by atoms with Gasteiger partial charge in [-0.3, -0.25) is 14.9 Å². The Morgan fingerprint density at radius 2 is 1.85 bits per heavy atom. The predicted molar refractivity (Wildman–Crippen MR) is 145 cm³/mol. The number of hydrogen-bond donors (Lipinski definition) is 3. The molecule has 0 aliphatic heterocycles. The van der Waals surface area contributed by atoms with Crippen molar-refractivity contribution in [2.24, 2.45) is 0 Å². The molecule has 1 aliphatic rings. The lowest BCUT2D eigenvalue weighted by Gasteiger charge is -2.15. The number of benzene rings is 2. The van der Waals surface area contributed by atoms with Crippen LogP contribution in [0, 0.1) is 6.92 Å². The first-order valence-corrected chi connectivity index (χ1v) is 13.2. The van der Waals surface area contributed by atoms with E-state index in [1.54, 1.807) is 67.8 Å². The van der Waals surface area contributed by atoms with Gasteiger partial charge in [0.1, 0.15) is 23.2 Å². The number of thiazole rings is 1. The number of carbonyl (C=O) groups excluding carboxylic acids is 2. The minimum Gasteiger partial charge on any atom is -0.481 e. The van der Waals surface area contributed by atoms with Gasteiger partial charge in [0.05, 0.1) is 5.41 Å². The number of aryl methyl sites for hydroxylation is 1. The van der Waals surface area contributed by atoms with E-state index in [0.717, 1.165) is 11.3 Å². The normalized spacial score (nSPS) is 14.3. The molecule has 0 bridgehead atoms. The molecule has 0 spiro atoms. The summed E-state index contributed by atoms with van der Waals surface area (Å²) in [6.45, 7) is 3.36. The maximum atomic E-state index is 12.8. The summed E-state index contributed by atoms with van der Waals surface area (Å²) in [4.78, 5) is 41.3. The number of anilines is 2. The van der Waals surface area contributed by atoms with Gasteiger partial charge >= 0.3 is 12.1 Å². The number of nitrogens with one attached hydrogen (secondary N) is 2. The van der Waals surface area contributed by atoms with Crippen molar-refractivity contribution in [1.29, 1.82) is 0 Å². The van der Waals surface area contributed by atoms with Crippen molar-refractivity contribution < 1.29 is 28.8 Å². The molecule has 3 N–H and O–H groups in total. The van der Waals surface area contributed by atoms with E-state index >= 15 is 0 Å². The predicted octanol–water partition coefficient (Wildman–Crippen LogP) is 6.44. The second kappa shape index (κ2) is 10.5. The largest absolute Gasteiger partial charge is 0.481 e. The van der Waals surface area contributed by atoms with Crippen LogP contribution in [-0.2, 0) is 14.9 Å². The van der Waals surface area contributed by atoms with Gasteiger partial charge in [-0.05, 0) is 50.5 Å². The number of hydrogen-bond acceptors (Lipinski definition) is 8. The highest BCUT2D eigenvalue weighted by molar-refractivity contribution is 7.12. The molecule has 1 atom stereocenters. The maximum Gasteiger partial charge on any atom is 0.412 e. The summed E-state index contributed by atoms with van der Waals surface area (Å²) >= 11 is 7.29. The third-order valence-electron chi connectivity index (χ3n) is 6.50. The first kappa shape index (κ1) is 26.4. The smallest absolute Gasteiger partial charge is 0.412 e. The van der Waals surface area contributed by atoms with Gasteiger partial charge in [0.25, 0.3) is 5.91 Å². The van der Waals surface area contributed by atoms with Crippen LogP contribution < -0.4 is 10.6 Å². The highest BCUT2D eigenvalue weighted by Crippen LogP contribution is 2.48. The highest BCUT2D eigenvalue weighted by Gasteiger charge is 2.51. The van der Waals surface area contributed by atoms with Gasteiger partial charge in [0.15, 0.2) is 5.01 Å². The molecule has 10 nitrogen and oxygen atoms in total. The Morgan fingerprint density at radius 1 is 1.13 bits per heavy atom. The van der Waals surface area contributed by atoms with Gasteiger partial charge in [0.2, 0.25) is 5.76 Å². The Morgan fingerprint density at radius 3 is 2.51 bits per heavy atom. The average molecular weight is 567 g/mol. The number of aromatic nitrogens is 2. The van der Waals surface area contributed by atoms with Crippen molar-refractivity contribution in [3.05, 3.63) is 80.8 Å². The number of ether oxygens (including phenoxy) is 1. The monoisotopic (exact) mass is 566 g/mol. The molecule has 4 aromatic rings. The minimum absolute atomic E-state index is 0.160. The van der Waals surface area contributed by atoms with Crippen LogP contribution in [0.15, 0.2) is 58.4 Å². The Labute approximate surface area is 232 Å². The summed E-state index contributed by atoms with van der Waals surface area (Å²) in [5.41, 5.74) is 2.06. The van der Waals surface area contributed by atoms with Crippen LogP contribution in [0.4, 0.5) is 16.2 Å². The SMILES string of the molecule is Cc1noc(-c2csc(C(=O)Nc3ccc(C4(C(=O)O)CC4)cc3)n2)c1NC(=O)OC(C)c1ccccc1Cl. The van der Waals surface area contributed by atoms with E-state index in [1.807, 2.05) is 0 Å². The molecule has 2 amide bonds. The topological polar surface area (TPSA) is 144 Å². The zero-order valence-corrected chi connectivity index (χ0v) is 22.4. The average Bonchev–Trinajstić information content (AvgIpc) is 3.45. The zero-order valence-electron chi connectivity index (χ0n) is 20.9. The van der Waals surface area contributed by atoms with Crippen molar-refractivity contribution in [2.45, 2.75) is 38.2 Å². The third kappa shape index (κ3) is 5.36. The number of carbonyl (C=O) groups is 3. The number of nitrogens with zero attached hydrogens (tertiary/aromatic N) is 2. The lowest BCUT2D eigenvalue weighted by molar-refractivity contribution is -0.140. The van der Waals surface area contributed by atoms with Crippen LogP contribution >= 0.6 is 22.9 Å². The first-order chi connectivity index (χ1) is 18.7. The Balaban J connectivity index is 1.25. The van der Waals surface area contributed by atoms with Crippen LogP contribution in [0.5, 0.6) is 0 Å². The Kier molecular flexibility index (Phi) is 7.11. The molecule has 1 aliphatic carbocycles. The van der Waals surface area contributed by atoms with Gasteiger partial charge in [0, 0.05) is 21.7 Å². The number of amides is 2. The first-order valence-electron chi connectivity index (χ1n) is 12.0. The fourth-order valence-electron chi connectivity index (χ4n) is 4.14. The minimum atomic E-state index is -0.838. The van der Waals surface area contributed by atoms with E-state index in [4.69, 9.17) is 20.9 Å². The summed E-state index contributed by atoms with van der Waals surface area (Å²) in [5.74, 6) is -1.11. The molecule has 39 heavy (non-hydrogen) atoms. The molecule has 2 aromatic carbocycles. The lowest BCUT2D eigenvalue weighted by Crippen LogP contribution is -2.19. The Hall–Kier alpha value is -4.22. The van der Waals surface area contributed by atoms with E-state index in [1.165, 1.54) is 0 Å². The zero-order chi connectivity index (χ0) is 27.7. The molecule has 200 valence electrons. The summed E-state index contributed by atoms with van der Waals surface area (Å²) in [6, 6.07) is 13.8. The van der Waals surface area contributed by atoms with Gasteiger partial charge < -0.3 is 19.7 Å². The molecule has 12 heteroatoms. The van der Waals surface area contributed by atoms with Gasteiger partial charge in [-0.25, -0.2) is 9.78 Å². The standard InChI is InChI=1S/C27H23ClN4O6S/c1-14-21(31-26(36)37-15(2)18-5-3-4-6-19(18)28)22(38-32-14)20-13-39-24(30-20)23(33)29-17-9-7-16(8-10-17)27(11-12-27)25(34)35/h3-10,13,15H,11-12H2,1-2H3,(H,29,33)(H,31,36)(H,34,35). The van der Waals surface area contributed by atoms with Crippen molar-refractivity contribution >= 4 is 52.3 Å². The molecule has 0 saturated heterocycles. The molecule has 5 rings (SSSR count). The van der Waals surface area contributed by atoms with Crippen LogP contribution in [-0.4, -0.2) is 33.2 Å². The molecule has 1 unspecified atom stereocenters. The van der Waals surface area contributed by atoms with E-state index in [2.05, 4.69) is 20.8 Å². The molecule has 1 saturated carbocycles. The molecule has 1 fully saturated rings. The highest BCUT2D eigenvalue weighted by atomic mass is 35.5. The van der Waals surface area contributed by atoms with Crippen LogP contribution in [0.2, 0.25) is 5.02 Å². The number of aliphatic carboxylic acids is 1. The van der Waals surface area contributed by atoms with Crippen molar-refractivity contribution in [1.82, 2.24) is 10.1 Å². The molecular formula is C27H23ClN4O6S. The van der Waals surface area contributed by atoms with Crippen molar-refractivity contribution in [2.75, 3.05) is 10.6 Å². The number of carboxylic acids is 1. The fourth-order valence-corrected chi connectivity index (χ4v) is 5.12. The second-order valence-corrected chi connectivity index (χ2v) is 10.4. The molecule has 2 aromatic heterocycles. The summed E-state index contributed by atoms with van der Waals surface area (Å²) in [5, 5.41) is 21.0. The third-order valence-corrected chi connectivity index (χ3v) is 7.69. The van der Waals surface area contributed by atoms with E-state index in [-0.39, 0.29) is 16.5 Å². The summed E-state index contributed by atoms with van der Waals surface area (Å²) in [7, 11) is 0. The van der Waals surface area contributed by atoms with Gasteiger partial charge in [-0.1, -0.05) is 47.1 Å². The summed E-state index contributed by atoms with van der Waals surface area (Å²) < 4.78 is 10.9. The van der Waals surface area contributed by atoms with Crippen LogP contribution in [0.1, 0.15) is 52.5 Å². The molecular weight excluding hydrogens is 544 g/mol. The van der Waals surface area contributed by atoms with Gasteiger partial charge in [-0.15, -0.1) is 11.3 Å². The van der Waals surface area contributed by atoms with Gasteiger partial charge in [-0.2, -0.15) is 0 Å². The van der Waals surface area contributed by atoms with Crippen LogP contribution in [0.3, 0.4) is 0 Å². The second-order valence-electron chi connectivity index (χ2n) is 9.12. The summed E-state index contributed by atoms with van der Waals surface area (Å²) in [6.07, 6.45) is -0.134. The van der Waals surface area contributed by atoms with Crippen LogP contribution in [0.25, 0.3) is 11.5 Å². The molecule has 2 heterocycles. The van der Waals surface area contributed by atoms with Crippen molar-refractivity contribution in [3.8, 4) is 11.5 Å². The van der Waals surface area contributed by atoms with E-state index < -0.39 is 29.5 Å². The maximum absolute atomic E-state index is 12.8. The van der Waals surface area contributed by atoms with Crippen molar-refractivity contribution in [3.63, 3.8) is 0 Å². The lowest BCUT2D eigenvalue weighted by atomic mass is 9.96. The Bertz CT molecular complexity index is 1560. The quantitative estimate of drug-likeness (QED) is 0.221. The fraction of sp³-hybridized carbons (Fsp3) is 0.222. The number of halogens is 1. The van der Waals surface area contributed by atoms with E-state index in [9.17, 15) is 19.5 Å². The number of carboxylic acid groups (broad SMARTS) is 1. The number of rotatable bonds is 8. The van der Waals surface area contributed by atoms with E-state index in [0.29, 0.717) is 46.1 Å². The molecule has 0 radical (unpaired) electrons.